The maximum atomic E-state index is 9.20. The van der Waals surface area contributed by atoms with E-state index in [-0.39, 0.29) is 5.75 Å². The van der Waals surface area contributed by atoms with Crippen LogP contribution in [0.15, 0.2) is 36.9 Å². The molecule has 1 heterocycles. The van der Waals surface area contributed by atoms with Crippen LogP contribution in [0.4, 0.5) is 11.6 Å². The zero-order chi connectivity index (χ0) is 9.80. The highest BCUT2D eigenvalue weighted by molar-refractivity contribution is 5.54. The SMILES string of the molecule is Oc1cccc(Nc2ncncn2)c1. The highest BCUT2D eigenvalue weighted by atomic mass is 16.3. The Kier molecular flexibility index (Phi) is 2.22. The summed E-state index contributed by atoms with van der Waals surface area (Å²) in [6.07, 6.45) is 2.80. The van der Waals surface area contributed by atoms with Crippen LogP contribution in [0.1, 0.15) is 0 Å². The van der Waals surface area contributed by atoms with Crippen LogP contribution in [0, 0.1) is 0 Å². The Morgan fingerprint density at radius 3 is 2.64 bits per heavy atom. The molecule has 0 spiro atoms. The van der Waals surface area contributed by atoms with Crippen molar-refractivity contribution in [1.82, 2.24) is 15.0 Å². The molecule has 1 aromatic heterocycles. The standard InChI is InChI=1S/C9H8N4O/c14-8-3-1-2-7(4-8)13-9-11-5-10-6-12-9/h1-6,14H,(H,10,11,12,13). The van der Waals surface area contributed by atoms with E-state index in [1.165, 1.54) is 12.7 Å². The van der Waals surface area contributed by atoms with E-state index in [1.54, 1.807) is 18.2 Å². The van der Waals surface area contributed by atoms with Crippen LogP contribution in [-0.2, 0) is 0 Å². The third-order valence-electron chi connectivity index (χ3n) is 1.60. The van der Waals surface area contributed by atoms with Crippen molar-refractivity contribution in [3.63, 3.8) is 0 Å². The van der Waals surface area contributed by atoms with Gasteiger partial charge in [-0.05, 0) is 12.1 Å². The summed E-state index contributed by atoms with van der Waals surface area (Å²) in [5.74, 6) is 0.648. The Bertz CT molecular complexity index is 418. The van der Waals surface area contributed by atoms with Gasteiger partial charge in [0.1, 0.15) is 18.4 Å². The van der Waals surface area contributed by atoms with Crippen LogP contribution in [0.25, 0.3) is 0 Å². The van der Waals surface area contributed by atoms with Gasteiger partial charge < -0.3 is 10.4 Å². The third-order valence-corrected chi connectivity index (χ3v) is 1.60. The number of nitrogens with one attached hydrogen (secondary N) is 1. The van der Waals surface area contributed by atoms with Gasteiger partial charge in [-0.25, -0.2) is 15.0 Å². The Labute approximate surface area is 80.5 Å². The predicted octanol–water partition coefficient (Wildman–Crippen LogP) is 1.32. The van der Waals surface area contributed by atoms with Crippen LogP contribution in [0.5, 0.6) is 5.75 Å². The molecule has 2 rings (SSSR count). The molecule has 70 valence electrons. The number of hydrogen-bond donors (Lipinski definition) is 2. The van der Waals surface area contributed by atoms with Crippen molar-refractivity contribution < 1.29 is 5.11 Å². The zero-order valence-electron chi connectivity index (χ0n) is 7.25. The Hall–Kier alpha value is -2.17. The Balaban J connectivity index is 2.19. The molecule has 0 aliphatic heterocycles. The molecule has 0 fully saturated rings. The van der Waals surface area contributed by atoms with Gasteiger partial charge in [-0.15, -0.1) is 0 Å². The molecule has 0 radical (unpaired) electrons. The van der Waals surface area contributed by atoms with E-state index in [2.05, 4.69) is 20.3 Å². The molecule has 0 bridgehead atoms. The lowest BCUT2D eigenvalue weighted by atomic mass is 10.3. The first kappa shape index (κ1) is 8.43. The fraction of sp³-hybridized carbons (Fsp3) is 0. The maximum absolute atomic E-state index is 9.20. The van der Waals surface area contributed by atoms with E-state index in [4.69, 9.17) is 0 Å². The summed E-state index contributed by atoms with van der Waals surface area (Å²) in [5.41, 5.74) is 0.733. The minimum absolute atomic E-state index is 0.198. The molecule has 0 saturated heterocycles. The van der Waals surface area contributed by atoms with E-state index in [9.17, 15) is 5.11 Å². The molecule has 1 aromatic carbocycles. The minimum Gasteiger partial charge on any atom is -0.508 e. The zero-order valence-corrected chi connectivity index (χ0v) is 7.25. The third kappa shape index (κ3) is 1.95. The lowest BCUT2D eigenvalue weighted by Gasteiger charge is -2.03. The van der Waals surface area contributed by atoms with Gasteiger partial charge in [-0.3, -0.25) is 0 Å². The molecule has 14 heavy (non-hydrogen) atoms. The largest absolute Gasteiger partial charge is 0.508 e. The van der Waals surface area contributed by atoms with Crippen LogP contribution in [0.2, 0.25) is 0 Å². The number of rotatable bonds is 2. The van der Waals surface area contributed by atoms with E-state index in [0.29, 0.717) is 5.95 Å². The molecule has 0 saturated carbocycles. The van der Waals surface area contributed by atoms with Gasteiger partial charge in [0.25, 0.3) is 0 Å². The summed E-state index contributed by atoms with van der Waals surface area (Å²) >= 11 is 0. The number of aromatic nitrogens is 3. The van der Waals surface area contributed by atoms with Gasteiger partial charge in [0.2, 0.25) is 5.95 Å². The number of anilines is 2. The molecule has 0 amide bonds. The topological polar surface area (TPSA) is 70.9 Å². The summed E-state index contributed by atoms with van der Waals surface area (Å²) in [5, 5.41) is 12.1. The summed E-state index contributed by atoms with van der Waals surface area (Å²) in [7, 11) is 0. The van der Waals surface area contributed by atoms with Crippen LogP contribution in [-0.4, -0.2) is 20.1 Å². The molecular weight excluding hydrogens is 180 g/mol. The molecule has 5 nitrogen and oxygen atoms in total. The van der Waals surface area contributed by atoms with Crippen LogP contribution >= 0.6 is 0 Å². The minimum atomic E-state index is 0.198. The number of phenolic OH excluding ortho intramolecular Hbond substituents is 1. The van der Waals surface area contributed by atoms with Crippen molar-refractivity contribution in [1.29, 1.82) is 0 Å². The molecule has 0 aliphatic carbocycles. The Morgan fingerprint density at radius 1 is 1.14 bits per heavy atom. The van der Waals surface area contributed by atoms with Gasteiger partial charge in [0.15, 0.2) is 0 Å². The second-order valence-corrected chi connectivity index (χ2v) is 2.64. The normalized spacial score (nSPS) is 9.71. The fourth-order valence-corrected chi connectivity index (χ4v) is 1.02. The van der Waals surface area contributed by atoms with E-state index in [0.717, 1.165) is 5.69 Å². The van der Waals surface area contributed by atoms with Crippen molar-refractivity contribution in [2.24, 2.45) is 0 Å². The average molecular weight is 188 g/mol. The summed E-state index contributed by atoms with van der Waals surface area (Å²) < 4.78 is 0. The lowest BCUT2D eigenvalue weighted by Crippen LogP contribution is -1.96. The number of aromatic hydroxyl groups is 1. The van der Waals surface area contributed by atoms with Crippen molar-refractivity contribution in [3.8, 4) is 5.75 Å². The molecule has 0 atom stereocenters. The molecule has 0 aliphatic rings. The highest BCUT2D eigenvalue weighted by Gasteiger charge is 1.96. The van der Waals surface area contributed by atoms with Gasteiger partial charge in [0, 0.05) is 11.8 Å². The van der Waals surface area contributed by atoms with E-state index in [1.807, 2.05) is 6.07 Å². The van der Waals surface area contributed by atoms with Gasteiger partial charge in [-0.2, -0.15) is 0 Å². The second-order valence-electron chi connectivity index (χ2n) is 2.64. The van der Waals surface area contributed by atoms with Crippen molar-refractivity contribution in [2.45, 2.75) is 0 Å². The van der Waals surface area contributed by atoms with Crippen LogP contribution < -0.4 is 5.32 Å². The van der Waals surface area contributed by atoms with E-state index >= 15 is 0 Å². The van der Waals surface area contributed by atoms with Crippen molar-refractivity contribution >= 4 is 11.6 Å². The van der Waals surface area contributed by atoms with Crippen molar-refractivity contribution in [3.05, 3.63) is 36.9 Å². The van der Waals surface area contributed by atoms with Gasteiger partial charge >= 0.3 is 0 Å². The first-order chi connectivity index (χ1) is 6.84. The second kappa shape index (κ2) is 3.69. The molecule has 2 aromatic rings. The summed E-state index contributed by atoms with van der Waals surface area (Å²) in [6, 6.07) is 6.73. The quantitative estimate of drug-likeness (QED) is 0.743. The predicted molar refractivity (Wildman–Crippen MR) is 51.2 cm³/mol. The van der Waals surface area contributed by atoms with Gasteiger partial charge in [0.05, 0.1) is 0 Å². The Morgan fingerprint density at radius 2 is 1.93 bits per heavy atom. The number of hydrogen-bond acceptors (Lipinski definition) is 5. The highest BCUT2D eigenvalue weighted by Crippen LogP contribution is 2.17. The van der Waals surface area contributed by atoms with Gasteiger partial charge in [-0.1, -0.05) is 6.07 Å². The smallest absolute Gasteiger partial charge is 0.230 e. The first-order valence-electron chi connectivity index (χ1n) is 4.02. The number of benzene rings is 1. The molecule has 0 unspecified atom stereocenters. The fourth-order valence-electron chi connectivity index (χ4n) is 1.02. The maximum Gasteiger partial charge on any atom is 0.230 e. The lowest BCUT2D eigenvalue weighted by molar-refractivity contribution is 0.475. The number of nitrogens with zero attached hydrogens (tertiary/aromatic N) is 3. The monoisotopic (exact) mass is 188 g/mol. The average Bonchev–Trinajstić information content (AvgIpc) is 2.19. The van der Waals surface area contributed by atoms with Crippen LogP contribution in [0.3, 0.4) is 0 Å². The molecular formula is C9H8N4O. The number of phenols is 1. The van der Waals surface area contributed by atoms with Crippen molar-refractivity contribution in [2.75, 3.05) is 5.32 Å². The first-order valence-corrected chi connectivity index (χ1v) is 4.02. The summed E-state index contributed by atoms with van der Waals surface area (Å²) in [4.78, 5) is 11.5. The van der Waals surface area contributed by atoms with E-state index < -0.39 is 0 Å². The molecule has 5 heteroatoms. The summed E-state index contributed by atoms with van der Waals surface area (Å²) in [6.45, 7) is 0. The molecule has 2 N–H and O–H groups in total.